The van der Waals surface area contributed by atoms with Crippen LogP contribution in [-0.4, -0.2) is 55.4 Å². The Hall–Kier alpha value is -2.32. The molecule has 4 rings (SSSR count). The third kappa shape index (κ3) is 3.72. The predicted octanol–water partition coefficient (Wildman–Crippen LogP) is 2.93. The van der Waals surface area contributed by atoms with Crippen LogP contribution in [0, 0.1) is 0 Å². The molecule has 1 atom stereocenters. The lowest BCUT2D eigenvalue weighted by atomic mass is 10.1. The maximum absolute atomic E-state index is 11.8. The van der Waals surface area contributed by atoms with Gasteiger partial charge in [-0.05, 0) is 31.5 Å². The monoisotopic (exact) mass is 389 g/mol. The van der Waals surface area contributed by atoms with E-state index in [1.54, 1.807) is 13.1 Å². The second kappa shape index (κ2) is 7.74. The number of hydrogen-bond donors (Lipinski definition) is 0. The van der Waals surface area contributed by atoms with Crippen molar-refractivity contribution in [1.82, 2.24) is 9.88 Å². The van der Waals surface area contributed by atoms with Crippen molar-refractivity contribution < 1.29 is 19.0 Å². The number of carbonyl (C=O) groups excluding carboxylic acids is 1. The predicted molar refractivity (Wildman–Crippen MR) is 103 cm³/mol. The first-order valence-electron chi connectivity index (χ1n) is 9.17. The number of fused-ring (bicyclic) bond motifs is 1. The summed E-state index contributed by atoms with van der Waals surface area (Å²) in [6.07, 6.45) is 1.61. The number of piperazine rings is 1. The van der Waals surface area contributed by atoms with Gasteiger partial charge in [0.15, 0.2) is 16.6 Å². The van der Waals surface area contributed by atoms with Gasteiger partial charge in [0.2, 0.25) is 6.79 Å². The molecule has 0 spiro atoms. The van der Waals surface area contributed by atoms with Gasteiger partial charge in [-0.15, -0.1) is 0 Å². The van der Waals surface area contributed by atoms with E-state index in [0.29, 0.717) is 24.3 Å². The number of esters is 1. The molecule has 1 fully saturated rings. The van der Waals surface area contributed by atoms with Crippen LogP contribution >= 0.6 is 11.3 Å². The summed E-state index contributed by atoms with van der Waals surface area (Å²) in [5.41, 5.74) is 1.23. The van der Waals surface area contributed by atoms with E-state index in [1.165, 1.54) is 16.9 Å². The average Bonchev–Trinajstić information content (AvgIpc) is 3.36. The molecule has 0 N–H and O–H groups in total. The number of aromatic nitrogens is 1. The Morgan fingerprint density at radius 1 is 1.26 bits per heavy atom. The maximum Gasteiger partial charge on any atom is 0.350 e. The Morgan fingerprint density at radius 2 is 2.04 bits per heavy atom. The van der Waals surface area contributed by atoms with E-state index in [0.717, 1.165) is 42.8 Å². The van der Waals surface area contributed by atoms with Gasteiger partial charge in [0, 0.05) is 32.2 Å². The second-order valence-electron chi connectivity index (χ2n) is 6.54. The van der Waals surface area contributed by atoms with Gasteiger partial charge in [-0.2, -0.15) is 0 Å². The summed E-state index contributed by atoms with van der Waals surface area (Å²) < 4.78 is 15.9. The minimum Gasteiger partial charge on any atom is -0.462 e. The largest absolute Gasteiger partial charge is 0.462 e. The molecule has 144 valence electrons. The zero-order valence-corrected chi connectivity index (χ0v) is 16.3. The summed E-state index contributed by atoms with van der Waals surface area (Å²) in [6, 6.07) is 6.47. The van der Waals surface area contributed by atoms with Crippen molar-refractivity contribution in [2.45, 2.75) is 19.9 Å². The topological polar surface area (TPSA) is 64.1 Å². The summed E-state index contributed by atoms with van der Waals surface area (Å²) >= 11 is 1.40. The van der Waals surface area contributed by atoms with Crippen LogP contribution in [0.15, 0.2) is 24.4 Å². The Kier molecular flexibility index (Phi) is 5.18. The zero-order chi connectivity index (χ0) is 18.8. The minimum absolute atomic E-state index is 0.295. The highest BCUT2D eigenvalue weighted by Gasteiger charge is 2.25. The van der Waals surface area contributed by atoms with Gasteiger partial charge in [-0.25, -0.2) is 9.78 Å². The molecule has 8 heteroatoms. The van der Waals surface area contributed by atoms with Gasteiger partial charge in [0.05, 0.1) is 12.8 Å². The molecule has 2 aliphatic rings. The first-order chi connectivity index (χ1) is 13.2. The van der Waals surface area contributed by atoms with Crippen LogP contribution in [0.1, 0.15) is 35.1 Å². The van der Waals surface area contributed by atoms with Crippen molar-refractivity contribution in [2.24, 2.45) is 0 Å². The summed E-state index contributed by atoms with van der Waals surface area (Å²) in [6.45, 7) is 8.33. The van der Waals surface area contributed by atoms with Crippen LogP contribution in [-0.2, 0) is 4.74 Å². The van der Waals surface area contributed by atoms with Crippen molar-refractivity contribution in [1.29, 1.82) is 0 Å². The van der Waals surface area contributed by atoms with E-state index >= 15 is 0 Å². The number of nitrogens with zero attached hydrogens (tertiary/aromatic N) is 3. The standard InChI is InChI=1S/C19H23N3O4S/c1-3-24-18(23)17-11-20-19(27-17)22-8-6-21(7-9-22)13(2)14-4-5-15-16(10-14)26-12-25-15/h4-5,10-11,13H,3,6-9,12H2,1-2H3. The summed E-state index contributed by atoms with van der Waals surface area (Å²) in [5, 5.41) is 0.883. The molecule has 1 aromatic heterocycles. The van der Waals surface area contributed by atoms with Crippen molar-refractivity contribution in [3.63, 3.8) is 0 Å². The molecule has 2 aliphatic heterocycles. The molecule has 0 bridgehead atoms. The van der Waals surface area contributed by atoms with Gasteiger partial charge in [-0.1, -0.05) is 17.4 Å². The molecule has 0 amide bonds. The van der Waals surface area contributed by atoms with E-state index in [2.05, 4.69) is 33.8 Å². The number of ether oxygens (including phenoxy) is 3. The molecule has 7 nitrogen and oxygen atoms in total. The molecule has 0 aliphatic carbocycles. The fraction of sp³-hybridized carbons (Fsp3) is 0.474. The normalized spacial score (nSPS) is 17.8. The third-order valence-corrected chi connectivity index (χ3v) is 6.02. The Morgan fingerprint density at radius 3 is 2.81 bits per heavy atom. The van der Waals surface area contributed by atoms with Gasteiger partial charge < -0.3 is 19.1 Å². The molecule has 1 aromatic carbocycles. The number of hydrogen-bond acceptors (Lipinski definition) is 8. The minimum atomic E-state index is -0.295. The first kappa shape index (κ1) is 18.1. The molecule has 0 saturated carbocycles. The third-order valence-electron chi connectivity index (χ3n) is 4.98. The lowest BCUT2D eigenvalue weighted by Crippen LogP contribution is -2.47. The Labute approximate surface area is 162 Å². The molecule has 3 heterocycles. The lowest BCUT2D eigenvalue weighted by Gasteiger charge is -2.38. The van der Waals surface area contributed by atoms with Crippen LogP contribution < -0.4 is 14.4 Å². The number of rotatable bonds is 5. The smallest absolute Gasteiger partial charge is 0.350 e. The van der Waals surface area contributed by atoms with E-state index in [1.807, 2.05) is 6.07 Å². The fourth-order valence-corrected chi connectivity index (χ4v) is 4.25. The van der Waals surface area contributed by atoms with Crippen LogP contribution in [0.2, 0.25) is 0 Å². The Balaban J connectivity index is 1.36. The van der Waals surface area contributed by atoms with Crippen LogP contribution in [0.3, 0.4) is 0 Å². The first-order valence-corrected chi connectivity index (χ1v) is 9.99. The van der Waals surface area contributed by atoms with Gasteiger partial charge >= 0.3 is 5.97 Å². The highest BCUT2D eigenvalue weighted by Crippen LogP contribution is 2.35. The van der Waals surface area contributed by atoms with Gasteiger partial charge in [0.25, 0.3) is 0 Å². The van der Waals surface area contributed by atoms with E-state index < -0.39 is 0 Å². The SMILES string of the molecule is CCOC(=O)c1cnc(N2CCN(C(C)c3ccc4c(c3)OCO4)CC2)s1. The van der Waals surface area contributed by atoms with Gasteiger partial charge in [-0.3, -0.25) is 4.90 Å². The highest BCUT2D eigenvalue weighted by molar-refractivity contribution is 7.17. The molecule has 2 aromatic rings. The maximum atomic E-state index is 11.8. The summed E-state index contributed by atoms with van der Waals surface area (Å²) in [5.74, 6) is 1.35. The van der Waals surface area contributed by atoms with Crippen LogP contribution in [0.4, 0.5) is 5.13 Å². The summed E-state index contributed by atoms with van der Waals surface area (Å²) in [7, 11) is 0. The molecular weight excluding hydrogens is 366 g/mol. The fourth-order valence-electron chi connectivity index (χ4n) is 3.39. The quantitative estimate of drug-likeness (QED) is 0.729. The number of carbonyl (C=O) groups is 1. The van der Waals surface area contributed by atoms with Crippen molar-refractivity contribution in [2.75, 3.05) is 44.5 Å². The zero-order valence-electron chi connectivity index (χ0n) is 15.5. The van der Waals surface area contributed by atoms with E-state index in [-0.39, 0.29) is 5.97 Å². The van der Waals surface area contributed by atoms with E-state index in [9.17, 15) is 4.79 Å². The van der Waals surface area contributed by atoms with Crippen molar-refractivity contribution >= 4 is 22.4 Å². The molecular formula is C19H23N3O4S. The second-order valence-corrected chi connectivity index (χ2v) is 7.55. The number of benzene rings is 1. The van der Waals surface area contributed by atoms with Crippen molar-refractivity contribution in [3.05, 3.63) is 34.8 Å². The van der Waals surface area contributed by atoms with Crippen molar-refractivity contribution in [3.8, 4) is 11.5 Å². The van der Waals surface area contributed by atoms with Gasteiger partial charge in [0.1, 0.15) is 4.88 Å². The lowest BCUT2D eigenvalue weighted by molar-refractivity contribution is 0.0532. The summed E-state index contributed by atoms with van der Waals surface area (Å²) in [4.78, 5) is 21.5. The number of anilines is 1. The molecule has 0 radical (unpaired) electrons. The molecule has 1 unspecified atom stereocenters. The van der Waals surface area contributed by atoms with Crippen LogP contribution in [0.5, 0.6) is 11.5 Å². The average molecular weight is 389 g/mol. The Bertz CT molecular complexity index is 817. The molecule has 27 heavy (non-hydrogen) atoms. The van der Waals surface area contributed by atoms with E-state index in [4.69, 9.17) is 14.2 Å². The number of thiazole rings is 1. The molecule has 1 saturated heterocycles. The van der Waals surface area contributed by atoms with Crippen LogP contribution in [0.25, 0.3) is 0 Å². The highest BCUT2D eigenvalue weighted by atomic mass is 32.1.